The molecule has 20 heavy (non-hydrogen) atoms. The van der Waals surface area contributed by atoms with Gasteiger partial charge in [-0.05, 0) is 24.3 Å². The Kier molecular flexibility index (Phi) is 3.90. The molecule has 1 fully saturated rings. The van der Waals surface area contributed by atoms with Gasteiger partial charge in [-0.3, -0.25) is 4.79 Å². The van der Waals surface area contributed by atoms with Crippen LogP contribution in [0.5, 0.6) is 0 Å². The van der Waals surface area contributed by atoms with Gasteiger partial charge in [0, 0.05) is 0 Å². The molecule has 0 unspecified atom stereocenters. The van der Waals surface area contributed by atoms with Crippen LogP contribution in [-0.2, 0) is 9.53 Å². The molecule has 1 aliphatic carbocycles. The van der Waals surface area contributed by atoms with Gasteiger partial charge in [-0.2, -0.15) is 0 Å². The fraction of sp³-hybridized carbons (Fsp3) is 0.500. The van der Waals surface area contributed by atoms with Gasteiger partial charge in [0.25, 0.3) is 0 Å². The number of Topliss-reactive ketones (excluding diaryl/α,β-unsaturated/α-hetero) is 1. The van der Waals surface area contributed by atoms with Crippen LogP contribution in [-0.4, -0.2) is 11.9 Å². The largest absolute Gasteiger partial charge is 0.496 e. The fourth-order valence-corrected chi connectivity index (χ4v) is 3.53. The quantitative estimate of drug-likeness (QED) is 0.804. The van der Waals surface area contributed by atoms with Crippen molar-refractivity contribution in [2.75, 3.05) is 0 Å². The van der Waals surface area contributed by atoms with Gasteiger partial charge in [-0.1, -0.05) is 56.5 Å². The molecule has 1 aromatic rings. The molecule has 106 valence electrons. The Morgan fingerprint density at radius 2 is 1.75 bits per heavy atom. The third-order valence-electron chi connectivity index (χ3n) is 4.71. The Balaban J connectivity index is 1.80. The minimum atomic E-state index is -0.0293. The zero-order valence-electron chi connectivity index (χ0n) is 12.0. The molecule has 1 aromatic carbocycles. The molecule has 2 nitrogen and oxygen atoms in total. The standard InChI is InChI=1S/C18H22O2/c1-13-17(19)16(14-8-4-2-5-9-14)12-20-18(13)15-10-6-3-7-11-15/h2,4-5,8-9,12-13,15,18H,3,6-7,10-11H2,1H3/t13-,18+/m0/s1. The van der Waals surface area contributed by atoms with Gasteiger partial charge in [0.1, 0.15) is 6.10 Å². The van der Waals surface area contributed by atoms with E-state index < -0.39 is 0 Å². The molecule has 1 aliphatic heterocycles. The van der Waals surface area contributed by atoms with Crippen molar-refractivity contribution in [1.82, 2.24) is 0 Å². The minimum Gasteiger partial charge on any atom is -0.496 e. The molecule has 1 saturated carbocycles. The topological polar surface area (TPSA) is 26.3 Å². The van der Waals surface area contributed by atoms with Crippen LogP contribution in [0.2, 0.25) is 0 Å². The van der Waals surface area contributed by atoms with E-state index in [1.54, 1.807) is 6.26 Å². The second-order valence-corrected chi connectivity index (χ2v) is 6.05. The number of rotatable bonds is 2. The number of hydrogen-bond donors (Lipinski definition) is 0. The average Bonchev–Trinajstić information content (AvgIpc) is 2.52. The van der Waals surface area contributed by atoms with E-state index in [9.17, 15) is 4.79 Å². The highest BCUT2D eigenvalue weighted by atomic mass is 16.5. The number of ether oxygens (including phenoxy) is 1. The van der Waals surface area contributed by atoms with Crippen molar-refractivity contribution >= 4 is 11.4 Å². The van der Waals surface area contributed by atoms with Crippen molar-refractivity contribution in [1.29, 1.82) is 0 Å². The van der Waals surface area contributed by atoms with Crippen LogP contribution in [0, 0.1) is 11.8 Å². The lowest BCUT2D eigenvalue weighted by Gasteiger charge is -2.36. The molecule has 0 aromatic heterocycles. The van der Waals surface area contributed by atoms with Gasteiger partial charge in [0.15, 0.2) is 5.78 Å². The first-order valence-corrected chi connectivity index (χ1v) is 7.72. The molecular formula is C18H22O2. The van der Waals surface area contributed by atoms with Gasteiger partial charge in [-0.15, -0.1) is 0 Å². The second kappa shape index (κ2) is 5.82. The van der Waals surface area contributed by atoms with E-state index >= 15 is 0 Å². The molecule has 2 aliphatic rings. The molecule has 2 heteroatoms. The highest BCUT2D eigenvalue weighted by Gasteiger charge is 2.37. The third kappa shape index (κ3) is 2.52. The van der Waals surface area contributed by atoms with E-state index in [2.05, 4.69) is 0 Å². The van der Waals surface area contributed by atoms with Crippen LogP contribution in [0.15, 0.2) is 36.6 Å². The van der Waals surface area contributed by atoms with Crippen molar-refractivity contribution in [2.45, 2.75) is 45.1 Å². The lowest BCUT2D eigenvalue weighted by atomic mass is 9.77. The van der Waals surface area contributed by atoms with Gasteiger partial charge in [0.2, 0.25) is 0 Å². The smallest absolute Gasteiger partial charge is 0.173 e. The van der Waals surface area contributed by atoms with Crippen LogP contribution in [0.3, 0.4) is 0 Å². The lowest BCUT2D eigenvalue weighted by molar-refractivity contribution is -0.124. The Morgan fingerprint density at radius 1 is 1.05 bits per heavy atom. The summed E-state index contributed by atoms with van der Waals surface area (Å²) >= 11 is 0. The SMILES string of the molecule is C[C@H]1C(=O)C(c2ccccc2)=CO[C@H]1C1CCCCC1. The molecule has 3 rings (SSSR count). The van der Waals surface area contributed by atoms with Crippen LogP contribution >= 0.6 is 0 Å². The van der Waals surface area contributed by atoms with Crippen molar-refractivity contribution in [3.8, 4) is 0 Å². The molecule has 2 atom stereocenters. The molecular weight excluding hydrogens is 248 g/mol. The summed E-state index contributed by atoms with van der Waals surface area (Å²) in [5.41, 5.74) is 1.69. The van der Waals surface area contributed by atoms with Gasteiger partial charge < -0.3 is 4.74 Å². The highest BCUT2D eigenvalue weighted by Crippen LogP contribution is 2.36. The van der Waals surface area contributed by atoms with Crippen molar-refractivity contribution in [3.63, 3.8) is 0 Å². The summed E-state index contributed by atoms with van der Waals surface area (Å²) in [5.74, 6) is 0.757. The molecule has 0 spiro atoms. The minimum absolute atomic E-state index is 0.0293. The van der Waals surface area contributed by atoms with Crippen molar-refractivity contribution in [2.24, 2.45) is 11.8 Å². The number of ketones is 1. The Bertz CT molecular complexity index is 497. The molecule has 0 radical (unpaired) electrons. The summed E-state index contributed by atoms with van der Waals surface area (Å²) in [4.78, 5) is 12.6. The summed E-state index contributed by atoms with van der Waals surface area (Å²) in [7, 11) is 0. The van der Waals surface area contributed by atoms with Gasteiger partial charge >= 0.3 is 0 Å². The zero-order valence-corrected chi connectivity index (χ0v) is 12.0. The van der Waals surface area contributed by atoms with Gasteiger partial charge in [0.05, 0.1) is 17.8 Å². The van der Waals surface area contributed by atoms with Crippen LogP contribution in [0.25, 0.3) is 5.57 Å². The predicted molar refractivity (Wildman–Crippen MR) is 80.0 cm³/mol. The first-order chi connectivity index (χ1) is 9.77. The summed E-state index contributed by atoms with van der Waals surface area (Å²) in [6, 6.07) is 9.83. The molecule has 1 heterocycles. The summed E-state index contributed by atoms with van der Waals surface area (Å²) < 4.78 is 5.98. The predicted octanol–water partition coefficient (Wildman–Crippen LogP) is 4.21. The van der Waals surface area contributed by atoms with E-state index in [0.717, 1.165) is 11.1 Å². The summed E-state index contributed by atoms with van der Waals surface area (Å²) in [6.07, 6.45) is 8.08. The monoisotopic (exact) mass is 270 g/mol. The van der Waals surface area contributed by atoms with E-state index in [0.29, 0.717) is 5.92 Å². The van der Waals surface area contributed by atoms with E-state index in [4.69, 9.17) is 4.74 Å². The summed E-state index contributed by atoms with van der Waals surface area (Å²) in [6.45, 7) is 2.03. The first kappa shape index (κ1) is 13.4. The molecule has 0 amide bonds. The number of benzene rings is 1. The first-order valence-electron chi connectivity index (χ1n) is 7.72. The Hall–Kier alpha value is -1.57. The maximum absolute atomic E-state index is 12.6. The lowest BCUT2D eigenvalue weighted by Crippen LogP contribution is -2.38. The number of carbonyl (C=O) groups excluding carboxylic acids is 1. The van der Waals surface area contributed by atoms with Crippen LogP contribution < -0.4 is 0 Å². The highest BCUT2D eigenvalue weighted by molar-refractivity contribution is 6.22. The normalized spacial score (nSPS) is 27.9. The second-order valence-electron chi connectivity index (χ2n) is 6.05. The molecule has 0 bridgehead atoms. The maximum atomic E-state index is 12.6. The summed E-state index contributed by atoms with van der Waals surface area (Å²) in [5, 5.41) is 0. The number of allylic oxidation sites excluding steroid dienone is 1. The fourth-order valence-electron chi connectivity index (χ4n) is 3.53. The number of carbonyl (C=O) groups is 1. The van der Waals surface area contributed by atoms with Crippen molar-refractivity contribution < 1.29 is 9.53 Å². The van der Waals surface area contributed by atoms with E-state index in [1.165, 1.54) is 32.1 Å². The van der Waals surface area contributed by atoms with E-state index in [1.807, 2.05) is 37.3 Å². The molecule has 0 N–H and O–H groups in total. The third-order valence-corrected chi connectivity index (χ3v) is 4.71. The Labute approximate surface area is 120 Å². The van der Waals surface area contributed by atoms with Crippen LogP contribution in [0.1, 0.15) is 44.6 Å². The number of hydrogen-bond acceptors (Lipinski definition) is 2. The van der Waals surface area contributed by atoms with Crippen LogP contribution in [0.4, 0.5) is 0 Å². The van der Waals surface area contributed by atoms with Gasteiger partial charge in [-0.25, -0.2) is 0 Å². The molecule has 0 saturated heterocycles. The maximum Gasteiger partial charge on any atom is 0.173 e. The average molecular weight is 270 g/mol. The van der Waals surface area contributed by atoms with E-state index in [-0.39, 0.29) is 17.8 Å². The Morgan fingerprint density at radius 3 is 2.45 bits per heavy atom. The zero-order chi connectivity index (χ0) is 13.9. The van der Waals surface area contributed by atoms with Crippen molar-refractivity contribution in [3.05, 3.63) is 42.2 Å².